The molecular weight excluding hydrogens is 991 g/mol. The van der Waals surface area contributed by atoms with Crippen molar-refractivity contribution >= 4 is 45.9 Å². The zero-order valence-electron chi connectivity index (χ0n) is 43.4. The Balaban J connectivity index is 1.51. The van der Waals surface area contributed by atoms with Crippen LogP contribution in [0.1, 0.15) is 64.7 Å². The summed E-state index contributed by atoms with van der Waals surface area (Å²) in [6.07, 6.45) is 1.63. The van der Waals surface area contributed by atoms with Crippen LogP contribution in [0.2, 0.25) is 18.1 Å². The van der Waals surface area contributed by atoms with Gasteiger partial charge in [0.15, 0.2) is 18.2 Å². The fourth-order valence-corrected chi connectivity index (χ4v) is 13.7. The van der Waals surface area contributed by atoms with Crippen molar-refractivity contribution in [1.29, 1.82) is 0 Å². The molecule has 2 aromatic heterocycles. The quantitative estimate of drug-likeness (QED) is 0.0710. The van der Waals surface area contributed by atoms with E-state index in [0.29, 0.717) is 53.8 Å². The minimum atomic E-state index is -4.99. The van der Waals surface area contributed by atoms with E-state index >= 15 is 16.8 Å². The Labute approximate surface area is 429 Å². The summed E-state index contributed by atoms with van der Waals surface area (Å²) in [4.78, 5) is 20.8. The molecule has 0 fully saturated rings. The lowest BCUT2D eigenvalue weighted by Crippen LogP contribution is -2.54. The van der Waals surface area contributed by atoms with Gasteiger partial charge in [-0.05, 0) is 116 Å². The lowest BCUT2D eigenvalue weighted by molar-refractivity contribution is 0.0662. The summed E-state index contributed by atoms with van der Waals surface area (Å²) in [5.41, 5.74) is 1.16. The first-order valence-electron chi connectivity index (χ1n) is 23.9. The van der Waals surface area contributed by atoms with E-state index in [1.54, 1.807) is 101 Å². The Kier molecular flexibility index (Phi) is 16.1. The van der Waals surface area contributed by atoms with Gasteiger partial charge in [-0.15, -0.1) is 10.2 Å². The molecule has 0 aliphatic carbocycles. The van der Waals surface area contributed by atoms with Gasteiger partial charge in [-0.1, -0.05) is 57.2 Å². The molecule has 1 N–H and O–H groups in total. The molecule has 0 spiro atoms. The minimum Gasteiger partial charge on any atom is -0.497 e. The van der Waals surface area contributed by atoms with Crippen LogP contribution in [0, 0.1) is 0 Å². The second kappa shape index (κ2) is 21.6. The number of aromatic nitrogens is 6. The number of benzene rings is 4. The van der Waals surface area contributed by atoms with Crippen molar-refractivity contribution in [3.63, 3.8) is 0 Å². The third-order valence-corrected chi connectivity index (χ3v) is 21.7. The van der Waals surface area contributed by atoms with Crippen molar-refractivity contribution in [2.45, 2.75) is 114 Å². The molecule has 22 heteroatoms. The van der Waals surface area contributed by atoms with Gasteiger partial charge < -0.3 is 38.1 Å². The van der Waals surface area contributed by atoms with Crippen LogP contribution in [0.15, 0.2) is 107 Å². The largest absolute Gasteiger partial charge is 0.497 e. The number of sulfone groups is 1. The highest BCUT2D eigenvalue weighted by molar-refractivity contribution is 7.93. The van der Waals surface area contributed by atoms with Crippen LogP contribution in [0.4, 0.5) is 16.4 Å². The number of imidazole rings is 1. The molecule has 6 aromatic rings. The van der Waals surface area contributed by atoms with E-state index in [1.807, 2.05) is 61.7 Å². The Morgan fingerprint density at radius 2 is 1.33 bits per heavy atom. The number of sulfonamides is 1. The summed E-state index contributed by atoms with van der Waals surface area (Å²) < 4.78 is 90.8. The molecule has 392 valence electrons. The normalized spacial score (nSPS) is 13.9. The molecule has 3 heterocycles. The van der Waals surface area contributed by atoms with Gasteiger partial charge in [-0.25, -0.2) is 26.6 Å². The predicted molar refractivity (Wildman–Crippen MR) is 280 cm³/mol. The fourth-order valence-electron chi connectivity index (χ4n) is 8.37. The number of carboxylic acid groups (broad SMARTS) is 1. The number of hydrogen-bond acceptors (Lipinski definition) is 14. The standard InChI is InChI=1S/C51H67N9O10S2Si/c1-50(2,3)59(49(61)62)34-42(70-73(10,11)51(4,5)6)35-71(63,64)44-26-25-43(58-29-12-28-56-30-27-52-48(56)58)45(47-53-55-60(54-47)33-38-17-23-41(69-9)24-18-38)46(44)72(65,66)57(31-36-13-19-39(67-7)20-14-36)32-37-15-21-40(68-8)22-16-37/h13-27,30,42H,12,28-29,31-35H2,1-11H3,(H,61,62)/t42-/m1/s1. The first-order valence-corrected chi connectivity index (χ1v) is 29.9. The molecular formula is C51H67N9O10S2Si. The van der Waals surface area contributed by atoms with Gasteiger partial charge in [0.1, 0.15) is 22.1 Å². The monoisotopic (exact) mass is 1060 g/mol. The topological polar surface area (TPSA) is 214 Å². The van der Waals surface area contributed by atoms with Crippen molar-refractivity contribution in [2.75, 3.05) is 45.1 Å². The summed E-state index contributed by atoms with van der Waals surface area (Å²) in [7, 11) is -7.96. The molecule has 0 saturated carbocycles. The van der Waals surface area contributed by atoms with Crippen molar-refractivity contribution < 1.29 is 45.4 Å². The molecule has 0 bridgehead atoms. The number of nitrogens with zero attached hydrogens (tertiary/aromatic N) is 9. The van der Waals surface area contributed by atoms with Gasteiger partial charge in [-0.3, -0.25) is 0 Å². The van der Waals surface area contributed by atoms with Gasteiger partial charge in [0, 0.05) is 44.1 Å². The summed E-state index contributed by atoms with van der Waals surface area (Å²) in [5.74, 6) is 1.34. The second-order valence-electron chi connectivity index (χ2n) is 20.5. The number of amides is 1. The zero-order chi connectivity index (χ0) is 53.1. The number of tetrazole rings is 1. The maximum Gasteiger partial charge on any atom is 0.407 e. The third-order valence-electron chi connectivity index (χ3n) is 13.3. The molecule has 0 saturated heterocycles. The van der Waals surface area contributed by atoms with Crippen molar-refractivity contribution in [3.8, 4) is 28.6 Å². The molecule has 7 rings (SSSR count). The van der Waals surface area contributed by atoms with E-state index in [1.165, 1.54) is 29.4 Å². The molecule has 0 radical (unpaired) electrons. The Bertz CT molecular complexity index is 3050. The summed E-state index contributed by atoms with van der Waals surface area (Å²) in [6.45, 7) is 15.5. The van der Waals surface area contributed by atoms with Gasteiger partial charge in [0.2, 0.25) is 21.8 Å². The zero-order valence-corrected chi connectivity index (χ0v) is 46.1. The van der Waals surface area contributed by atoms with Crippen LogP contribution in [0.25, 0.3) is 11.4 Å². The van der Waals surface area contributed by atoms with E-state index in [4.69, 9.17) is 23.7 Å². The highest BCUT2D eigenvalue weighted by atomic mass is 32.2. The third kappa shape index (κ3) is 12.4. The Morgan fingerprint density at radius 3 is 1.84 bits per heavy atom. The molecule has 1 aliphatic rings. The van der Waals surface area contributed by atoms with E-state index in [9.17, 15) is 9.90 Å². The first kappa shape index (κ1) is 54.4. The van der Waals surface area contributed by atoms with Crippen LogP contribution < -0.4 is 19.1 Å². The highest BCUT2D eigenvalue weighted by Crippen LogP contribution is 2.45. The van der Waals surface area contributed by atoms with Crippen LogP contribution in [-0.2, 0) is 50.5 Å². The SMILES string of the molecule is COc1ccc(CN(Cc2ccc(OC)cc2)S(=O)(=O)c2c(S(=O)(=O)C[C@@H](CN(C(=O)O)C(C)(C)C)O[Si](C)(C)C(C)(C)C)ccc(N3CCCn4ccnc43)c2-c2nnn(Cc3ccc(OC)cc3)n2)cc1. The van der Waals surface area contributed by atoms with E-state index in [2.05, 4.69) is 15.3 Å². The van der Waals surface area contributed by atoms with Gasteiger partial charge in [0.05, 0.1) is 62.4 Å². The first-order chi connectivity index (χ1) is 34.3. The van der Waals surface area contributed by atoms with Crippen LogP contribution in [0.5, 0.6) is 17.2 Å². The number of hydrogen-bond donors (Lipinski definition) is 1. The van der Waals surface area contributed by atoms with Crippen LogP contribution in [-0.4, -0.2) is 127 Å². The lowest BCUT2D eigenvalue weighted by Gasteiger charge is -2.42. The number of aryl methyl sites for hydroxylation is 1. The molecule has 1 atom stereocenters. The number of ether oxygens (including phenoxy) is 3. The van der Waals surface area contributed by atoms with E-state index < -0.39 is 66.5 Å². The average molecular weight is 1060 g/mol. The van der Waals surface area contributed by atoms with Crippen molar-refractivity contribution in [2.24, 2.45) is 0 Å². The maximum atomic E-state index is 16.5. The Morgan fingerprint density at radius 1 is 0.781 bits per heavy atom. The maximum absolute atomic E-state index is 16.5. The summed E-state index contributed by atoms with van der Waals surface area (Å²) in [6, 6.07) is 24.0. The van der Waals surface area contributed by atoms with Crippen molar-refractivity contribution in [3.05, 3.63) is 114 Å². The number of methoxy groups -OCH3 is 3. The predicted octanol–water partition coefficient (Wildman–Crippen LogP) is 8.49. The highest BCUT2D eigenvalue weighted by Gasteiger charge is 2.44. The van der Waals surface area contributed by atoms with Gasteiger partial charge >= 0.3 is 6.09 Å². The lowest BCUT2D eigenvalue weighted by atomic mass is 10.1. The molecule has 0 unspecified atom stereocenters. The molecule has 19 nitrogen and oxygen atoms in total. The van der Waals surface area contributed by atoms with Crippen LogP contribution in [0.3, 0.4) is 0 Å². The number of carbonyl (C=O) groups is 1. The molecule has 1 amide bonds. The molecule has 1 aliphatic heterocycles. The second-order valence-corrected chi connectivity index (χ2v) is 29.2. The summed E-state index contributed by atoms with van der Waals surface area (Å²) >= 11 is 0. The smallest absolute Gasteiger partial charge is 0.407 e. The van der Waals surface area contributed by atoms with Crippen LogP contribution >= 0.6 is 0 Å². The minimum absolute atomic E-state index is 0.114. The molecule has 4 aromatic carbocycles. The van der Waals surface area contributed by atoms with E-state index in [-0.39, 0.29) is 43.3 Å². The fraction of sp³-hybridized carbons (Fsp3) is 0.431. The molecule has 73 heavy (non-hydrogen) atoms. The van der Waals surface area contributed by atoms with Gasteiger partial charge in [-0.2, -0.15) is 9.10 Å². The number of rotatable bonds is 20. The average Bonchev–Trinajstić information content (AvgIpc) is 4.02. The number of fused-ring (bicyclic) bond motifs is 1. The number of anilines is 2. The summed E-state index contributed by atoms with van der Waals surface area (Å²) in [5, 5.41) is 23.8. The van der Waals surface area contributed by atoms with E-state index in [0.717, 1.165) is 10.5 Å². The van der Waals surface area contributed by atoms with Gasteiger partial charge in [0.25, 0.3) is 0 Å². The Hall–Kier alpha value is -6.33. The van der Waals surface area contributed by atoms with Crippen molar-refractivity contribution in [1.82, 2.24) is 39.0 Å².